The van der Waals surface area contributed by atoms with Crippen LogP contribution in [0.5, 0.6) is 0 Å². The summed E-state index contributed by atoms with van der Waals surface area (Å²) >= 11 is 5.30. The van der Waals surface area contributed by atoms with Gasteiger partial charge in [-0.15, -0.1) is 34.0 Å². The van der Waals surface area contributed by atoms with Crippen molar-refractivity contribution in [3.8, 4) is 9.75 Å². The highest BCUT2D eigenvalue weighted by atomic mass is 32.1. The van der Waals surface area contributed by atoms with Crippen LogP contribution in [0.3, 0.4) is 0 Å². The second-order valence-corrected chi connectivity index (χ2v) is 15.8. The summed E-state index contributed by atoms with van der Waals surface area (Å²) in [7, 11) is 0.462. The molecular weight excluding hydrogens is 471 g/mol. The second-order valence-electron chi connectivity index (χ2n) is 8.43. The molecule has 5 heterocycles. The van der Waals surface area contributed by atoms with E-state index in [1.807, 2.05) is 46.9 Å². The summed E-state index contributed by atoms with van der Waals surface area (Å²) in [5, 5.41) is 14.6. The zero-order chi connectivity index (χ0) is 21.9. The zero-order valence-electron chi connectivity index (χ0n) is 17.6. The van der Waals surface area contributed by atoms with E-state index in [0.29, 0.717) is 12.2 Å². The van der Waals surface area contributed by atoms with Crippen LogP contribution in [0.4, 0.5) is 5.00 Å². The number of aromatic nitrogens is 1. The number of likely N-dealkylation sites (N-methyl/N-ethyl adjacent to an activating group) is 1. The highest BCUT2D eigenvalue weighted by Crippen LogP contribution is 2.48. The molecule has 2 aliphatic rings. The molecule has 0 aliphatic carbocycles. The van der Waals surface area contributed by atoms with Crippen molar-refractivity contribution in [1.82, 2.24) is 4.98 Å². The quantitative estimate of drug-likeness (QED) is 0.308. The minimum atomic E-state index is -1.60. The number of hydrogen-bond donors (Lipinski definition) is 1. The van der Waals surface area contributed by atoms with Crippen LogP contribution in [0, 0.1) is 6.57 Å². The van der Waals surface area contributed by atoms with Crippen LogP contribution in [-0.2, 0) is 0 Å². The number of para-hydroxylation sites is 1. The number of nitrogens with zero attached hydrogens (tertiary/aromatic N) is 3. The summed E-state index contributed by atoms with van der Waals surface area (Å²) in [5.74, 6) is 0. The third kappa shape index (κ3) is 2.96. The Morgan fingerprint density at radius 2 is 1.97 bits per heavy atom. The van der Waals surface area contributed by atoms with Crippen molar-refractivity contribution >= 4 is 79.4 Å². The Hall–Kier alpha value is -2.28. The maximum Gasteiger partial charge on any atom is 0.223 e. The number of fused-ring (bicyclic) bond motifs is 6. The molecule has 8 heteroatoms. The third-order valence-corrected chi connectivity index (χ3v) is 15.8. The van der Waals surface area contributed by atoms with Crippen LogP contribution in [0.2, 0.25) is 12.1 Å². The first-order valence-corrected chi connectivity index (χ1v) is 15.6. The molecule has 6 rings (SSSR count). The van der Waals surface area contributed by atoms with E-state index in [-0.39, 0.29) is 6.61 Å². The van der Waals surface area contributed by atoms with Gasteiger partial charge in [0.2, 0.25) is 5.70 Å². The summed E-state index contributed by atoms with van der Waals surface area (Å²) < 4.78 is 1.12. The highest BCUT2D eigenvalue weighted by Gasteiger charge is 2.52. The topological polar surface area (TPSA) is 40.7 Å². The largest absolute Gasteiger partial charge is 0.395 e. The number of benzene rings is 1. The van der Waals surface area contributed by atoms with Crippen LogP contribution >= 0.6 is 34.0 Å². The Bertz CT molecular complexity index is 1390. The maximum atomic E-state index is 9.35. The molecule has 2 aliphatic heterocycles. The van der Waals surface area contributed by atoms with Gasteiger partial charge in [0.25, 0.3) is 0 Å². The van der Waals surface area contributed by atoms with E-state index in [1.165, 1.54) is 38.1 Å². The van der Waals surface area contributed by atoms with Gasteiger partial charge in [-0.1, -0.05) is 18.6 Å². The number of aliphatic hydroxyl groups is 1. The van der Waals surface area contributed by atoms with Crippen molar-refractivity contribution < 1.29 is 5.11 Å². The molecular formula is C24H21N3OS3Si. The molecule has 160 valence electrons. The van der Waals surface area contributed by atoms with E-state index in [0.717, 1.165) is 15.2 Å². The van der Waals surface area contributed by atoms with E-state index in [9.17, 15) is 5.11 Å². The molecule has 4 aromatic rings. The Kier molecular flexibility index (Phi) is 4.86. The molecule has 4 nitrogen and oxygen atoms in total. The summed E-state index contributed by atoms with van der Waals surface area (Å²) in [6, 6.07) is 15.5. The van der Waals surface area contributed by atoms with Gasteiger partial charge in [-0.25, -0.2) is 9.83 Å². The number of anilines is 1. The molecule has 32 heavy (non-hydrogen) atoms. The van der Waals surface area contributed by atoms with E-state index in [1.54, 1.807) is 21.7 Å². The van der Waals surface area contributed by atoms with Crippen molar-refractivity contribution in [2.24, 2.45) is 0 Å². The van der Waals surface area contributed by atoms with Gasteiger partial charge in [-0.3, -0.25) is 0 Å². The molecule has 1 aromatic carbocycles. The Morgan fingerprint density at radius 3 is 2.69 bits per heavy atom. The molecule has 0 radical (unpaired) electrons. The minimum absolute atomic E-state index is 0.173. The minimum Gasteiger partial charge on any atom is -0.395 e. The number of rotatable bonds is 5. The van der Waals surface area contributed by atoms with Gasteiger partial charge >= 0.3 is 0 Å². The Balaban J connectivity index is 1.42. The Morgan fingerprint density at radius 1 is 1.19 bits per heavy atom. The number of aliphatic hydroxyl groups excluding tert-OH is 1. The highest BCUT2D eigenvalue weighted by molar-refractivity contribution is 7.31. The molecule has 1 N–H and O–H groups in total. The van der Waals surface area contributed by atoms with E-state index < -0.39 is 8.07 Å². The fourth-order valence-electron chi connectivity index (χ4n) is 4.83. The van der Waals surface area contributed by atoms with Gasteiger partial charge in [0.05, 0.1) is 28.4 Å². The van der Waals surface area contributed by atoms with E-state index >= 15 is 0 Å². The number of thiophene rings is 2. The predicted molar refractivity (Wildman–Crippen MR) is 141 cm³/mol. The summed E-state index contributed by atoms with van der Waals surface area (Å²) in [6.07, 6.45) is 3.36. The first-order chi connectivity index (χ1) is 15.6. The lowest BCUT2D eigenvalue weighted by atomic mass is 10.3. The maximum absolute atomic E-state index is 9.35. The van der Waals surface area contributed by atoms with Crippen LogP contribution in [0.25, 0.3) is 36.6 Å². The molecule has 1 spiro atoms. The summed E-state index contributed by atoms with van der Waals surface area (Å²) in [5.41, 5.74) is 1.59. The summed E-state index contributed by atoms with van der Waals surface area (Å²) in [6.45, 7) is 8.62. The monoisotopic (exact) mass is 491 g/mol. The van der Waals surface area contributed by atoms with Crippen LogP contribution < -0.4 is 15.3 Å². The number of hydrogen-bond acceptors (Lipinski definition) is 6. The van der Waals surface area contributed by atoms with E-state index in [4.69, 9.17) is 11.6 Å². The average Bonchev–Trinajstić information content (AvgIpc) is 3.50. The van der Waals surface area contributed by atoms with Gasteiger partial charge in [0.15, 0.2) is 0 Å². The van der Waals surface area contributed by atoms with Gasteiger partial charge in [-0.05, 0) is 52.8 Å². The van der Waals surface area contributed by atoms with Crippen molar-refractivity contribution in [1.29, 1.82) is 0 Å². The molecule has 3 aromatic heterocycles. The molecule has 1 fully saturated rings. The third-order valence-electron chi connectivity index (χ3n) is 6.64. The molecule has 0 unspecified atom stereocenters. The van der Waals surface area contributed by atoms with Crippen LogP contribution in [-0.4, -0.2) is 38.4 Å². The first-order valence-electron chi connectivity index (χ1n) is 10.7. The van der Waals surface area contributed by atoms with Gasteiger partial charge in [0.1, 0.15) is 13.1 Å². The lowest BCUT2D eigenvalue weighted by Crippen LogP contribution is -2.59. The van der Waals surface area contributed by atoms with Gasteiger partial charge < -0.3 is 10.0 Å². The SMILES string of the molecule is [C-]#[N+]/C(=C\c1cc2c(s1)-c1sc(N(C)CCO)cc1[Si]21CCC1)c1nc2ccccc2s1. The first kappa shape index (κ1) is 20.3. The zero-order valence-corrected chi connectivity index (χ0v) is 21.0. The standard InChI is InChI=1S/C24H21N3OS3Si/c1-25-17(24-26-16-6-3-4-7-18(16)30-24)12-15-13-19-22(29-15)23-20(32(19)10-5-11-32)14-21(31-23)27(2)8-9-28/h3-4,6-7,12-14,28H,5,8-11H2,2H3/b17-12-. The smallest absolute Gasteiger partial charge is 0.223 e. The fourth-order valence-corrected chi connectivity index (χ4v) is 14.2. The normalized spacial score (nSPS) is 16.1. The Labute approximate surface area is 199 Å². The average molecular weight is 492 g/mol. The lowest BCUT2D eigenvalue weighted by molar-refractivity contribution is 0.304. The lowest BCUT2D eigenvalue weighted by Gasteiger charge is -2.37. The van der Waals surface area contributed by atoms with Gasteiger partial charge in [-0.2, -0.15) is 0 Å². The van der Waals surface area contributed by atoms with Crippen molar-refractivity contribution in [2.75, 3.05) is 25.1 Å². The van der Waals surface area contributed by atoms with Crippen molar-refractivity contribution in [3.05, 3.63) is 57.7 Å². The fraction of sp³-hybridized carbons (Fsp3) is 0.250. The second kappa shape index (κ2) is 7.65. The van der Waals surface area contributed by atoms with Crippen LogP contribution in [0.15, 0.2) is 36.4 Å². The summed E-state index contributed by atoms with van der Waals surface area (Å²) in [4.78, 5) is 14.8. The van der Waals surface area contributed by atoms with Gasteiger partial charge in [0, 0.05) is 28.2 Å². The molecule has 0 bridgehead atoms. The number of thiazole rings is 1. The molecule has 1 saturated heterocycles. The molecule has 0 amide bonds. The van der Waals surface area contributed by atoms with Crippen molar-refractivity contribution in [3.63, 3.8) is 0 Å². The predicted octanol–water partition coefficient (Wildman–Crippen LogP) is 5.21. The molecule has 0 atom stereocenters. The van der Waals surface area contributed by atoms with E-state index in [2.05, 4.69) is 35.0 Å². The molecule has 0 saturated carbocycles. The van der Waals surface area contributed by atoms with Crippen LogP contribution in [0.1, 0.15) is 16.3 Å². The van der Waals surface area contributed by atoms with Crippen molar-refractivity contribution in [2.45, 2.75) is 18.5 Å².